The largest absolute Gasteiger partial charge is 0.481 e. The third-order valence-corrected chi connectivity index (χ3v) is 7.43. The van der Waals surface area contributed by atoms with Crippen molar-refractivity contribution in [3.8, 4) is 11.5 Å². The number of nitrogens with zero attached hydrogens (tertiary/aromatic N) is 2. The van der Waals surface area contributed by atoms with Crippen LogP contribution in [0.15, 0.2) is 35.9 Å². The highest BCUT2D eigenvalue weighted by atomic mass is 16.7. The second-order valence-electron chi connectivity index (χ2n) is 11.6. The molecule has 3 rings (SSSR count). The van der Waals surface area contributed by atoms with Crippen LogP contribution in [0, 0.1) is 17.3 Å². The van der Waals surface area contributed by atoms with Gasteiger partial charge in [-0.15, -0.1) is 0 Å². The molecule has 0 bridgehead atoms. The Labute approximate surface area is 222 Å². The van der Waals surface area contributed by atoms with Gasteiger partial charge in [0.2, 0.25) is 12.2 Å². The summed E-state index contributed by atoms with van der Waals surface area (Å²) in [6.07, 6.45) is 6.13. The molecule has 206 valence electrons. The number of hydrogen-bond donors (Lipinski definition) is 1. The number of carboxylic acids is 1. The minimum Gasteiger partial charge on any atom is -0.481 e. The van der Waals surface area contributed by atoms with Crippen LogP contribution in [0.1, 0.15) is 73.6 Å². The lowest BCUT2D eigenvalue weighted by molar-refractivity contribution is -0.147. The highest BCUT2D eigenvalue weighted by molar-refractivity contribution is 5.79. The summed E-state index contributed by atoms with van der Waals surface area (Å²) < 4.78 is 12.2. The van der Waals surface area contributed by atoms with Gasteiger partial charge in [0, 0.05) is 25.7 Å². The number of fused-ring (bicyclic) bond motifs is 1. The number of aliphatic carboxylic acids is 1. The lowest BCUT2D eigenvalue weighted by Crippen LogP contribution is -2.46. The summed E-state index contributed by atoms with van der Waals surface area (Å²) in [7, 11) is 0. The lowest BCUT2D eigenvalue weighted by atomic mass is 9.78. The van der Waals surface area contributed by atoms with Crippen LogP contribution in [0.4, 0.5) is 0 Å². The fourth-order valence-electron chi connectivity index (χ4n) is 5.88. The van der Waals surface area contributed by atoms with Crippen molar-refractivity contribution in [2.24, 2.45) is 17.3 Å². The van der Waals surface area contributed by atoms with E-state index in [1.807, 2.05) is 29.2 Å². The first kappa shape index (κ1) is 29.0. The van der Waals surface area contributed by atoms with Crippen LogP contribution in [-0.2, 0) is 9.59 Å². The molecule has 1 amide bonds. The van der Waals surface area contributed by atoms with Crippen LogP contribution in [0.3, 0.4) is 0 Å². The Morgan fingerprint density at radius 2 is 1.65 bits per heavy atom. The zero-order valence-corrected chi connectivity index (χ0v) is 23.5. The monoisotopic (exact) mass is 514 g/mol. The molecule has 1 N–H and O–H groups in total. The number of likely N-dealkylation sites (tertiary alicyclic amines) is 1. The van der Waals surface area contributed by atoms with Gasteiger partial charge in [0.15, 0.2) is 11.5 Å². The van der Waals surface area contributed by atoms with Crippen LogP contribution in [0.2, 0.25) is 0 Å². The van der Waals surface area contributed by atoms with Crippen LogP contribution < -0.4 is 9.47 Å². The summed E-state index contributed by atoms with van der Waals surface area (Å²) in [5.41, 5.74) is 0.968. The number of allylic oxidation sites excluding steroid dienone is 2. The number of rotatable bonds is 13. The molecule has 1 fully saturated rings. The second kappa shape index (κ2) is 12.8. The molecule has 3 unspecified atom stereocenters. The quantitative estimate of drug-likeness (QED) is 0.345. The number of hydrogen-bond acceptors (Lipinski definition) is 5. The van der Waals surface area contributed by atoms with Gasteiger partial charge in [0.1, 0.15) is 0 Å². The van der Waals surface area contributed by atoms with Gasteiger partial charge in [-0.05, 0) is 50.7 Å². The molecular formula is C30H46N2O5. The van der Waals surface area contributed by atoms with Crippen LogP contribution in [-0.4, -0.2) is 65.3 Å². The molecule has 0 aromatic heterocycles. The zero-order valence-electron chi connectivity index (χ0n) is 23.5. The van der Waals surface area contributed by atoms with Crippen molar-refractivity contribution in [2.45, 2.75) is 86.0 Å². The molecule has 0 spiro atoms. The minimum atomic E-state index is -0.866. The van der Waals surface area contributed by atoms with Gasteiger partial charge in [0.05, 0.1) is 18.4 Å². The van der Waals surface area contributed by atoms with Crippen molar-refractivity contribution >= 4 is 11.9 Å². The van der Waals surface area contributed by atoms with Crippen LogP contribution in [0.5, 0.6) is 11.5 Å². The average molecular weight is 515 g/mol. The molecule has 2 heterocycles. The number of carbonyl (C=O) groups excluding carboxylic acids is 1. The van der Waals surface area contributed by atoms with Gasteiger partial charge in [-0.25, -0.2) is 0 Å². The molecule has 1 aromatic carbocycles. The van der Waals surface area contributed by atoms with E-state index >= 15 is 0 Å². The van der Waals surface area contributed by atoms with Gasteiger partial charge in [0.25, 0.3) is 0 Å². The fraction of sp³-hybridized carbons (Fsp3) is 0.667. The number of unbranched alkanes of at least 4 members (excludes halogenated alkanes) is 2. The molecule has 37 heavy (non-hydrogen) atoms. The zero-order chi connectivity index (χ0) is 27.2. The number of carbonyl (C=O) groups is 2. The molecule has 1 saturated heterocycles. The van der Waals surface area contributed by atoms with E-state index in [0.717, 1.165) is 38.8 Å². The van der Waals surface area contributed by atoms with Crippen molar-refractivity contribution in [2.75, 3.05) is 26.2 Å². The Balaban J connectivity index is 1.88. The van der Waals surface area contributed by atoms with E-state index in [9.17, 15) is 14.7 Å². The standard InChI is InChI=1S/C30H46N2O5/c1-7-9-15-31(16-10-8-2)26(33)20-32-19-22(29-36-24-13-11-12-14-25(24)37-29)27(28(34)35)23(32)18-30(5,6)17-21(3)4/h11-14,17,22-23,27,29H,7-10,15-16,18-20H2,1-6H3,(H,34,35). The highest BCUT2D eigenvalue weighted by Gasteiger charge is 2.53. The molecule has 2 aliphatic rings. The molecule has 2 aliphatic heterocycles. The number of amides is 1. The fourth-order valence-corrected chi connectivity index (χ4v) is 5.88. The molecule has 0 aliphatic carbocycles. The SMILES string of the molecule is CCCCN(CCCC)C(=O)CN1CC(C2Oc3ccccc3O2)C(C(=O)O)C1CC(C)(C)C=C(C)C. The first-order chi connectivity index (χ1) is 17.6. The summed E-state index contributed by atoms with van der Waals surface area (Å²) in [4.78, 5) is 30.4. The first-order valence-corrected chi connectivity index (χ1v) is 13.9. The smallest absolute Gasteiger partial charge is 0.308 e. The van der Waals surface area contributed by atoms with Gasteiger partial charge in [-0.3, -0.25) is 14.5 Å². The van der Waals surface area contributed by atoms with E-state index in [-0.39, 0.29) is 23.9 Å². The summed E-state index contributed by atoms with van der Waals surface area (Å²) in [5.74, 6) is -0.624. The molecule has 7 heteroatoms. The van der Waals surface area contributed by atoms with E-state index in [2.05, 4.69) is 52.5 Å². The maximum absolute atomic E-state index is 13.5. The summed E-state index contributed by atoms with van der Waals surface area (Å²) in [6, 6.07) is 7.13. The topological polar surface area (TPSA) is 79.3 Å². The van der Waals surface area contributed by atoms with E-state index < -0.39 is 24.1 Å². The number of ether oxygens (including phenoxy) is 2. The van der Waals surface area contributed by atoms with E-state index in [1.54, 1.807) is 0 Å². The maximum Gasteiger partial charge on any atom is 0.308 e. The normalized spacial score (nSPS) is 21.7. The second-order valence-corrected chi connectivity index (χ2v) is 11.6. The van der Waals surface area contributed by atoms with Crippen molar-refractivity contribution in [3.05, 3.63) is 35.9 Å². The number of benzene rings is 1. The molecule has 0 radical (unpaired) electrons. The van der Waals surface area contributed by atoms with Gasteiger partial charge < -0.3 is 19.5 Å². The van der Waals surface area contributed by atoms with E-state index in [0.29, 0.717) is 24.5 Å². The summed E-state index contributed by atoms with van der Waals surface area (Å²) in [5, 5.41) is 10.5. The average Bonchev–Trinajstić information content (AvgIpc) is 3.39. The third-order valence-electron chi connectivity index (χ3n) is 7.43. The van der Waals surface area contributed by atoms with Crippen molar-refractivity contribution in [1.82, 2.24) is 9.80 Å². The molecule has 3 atom stereocenters. The molecule has 1 aromatic rings. The summed E-state index contributed by atoms with van der Waals surface area (Å²) >= 11 is 0. The Bertz CT molecular complexity index is 922. The predicted octanol–water partition coefficient (Wildman–Crippen LogP) is 5.60. The van der Waals surface area contributed by atoms with Crippen LogP contribution >= 0.6 is 0 Å². The molecule has 0 saturated carbocycles. The Morgan fingerprint density at radius 3 is 2.14 bits per heavy atom. The van der Waals surface area contributed by atoms with E-state index in [1.165, 1.54) is 5.57 Å². The maximum atomic E-state index is 13.5. The number of para-hydroxylation sites is 2. The predicted molar refractivity (Wildman–Crippen MR) is 146 cm³/mol. The van der Waals surface area contributed by atoms with Gasteiger partial charge >= 0.3 is 5.97 Å². The lowest BCUT2D eigenvalue weighted by Gasteiger charge is -2.34. The third kappa shape index (κ3) is 7.50. The summed E-state index contributed by atoms with van der Waals surface area (Å²) in [6.45, 7) is 14.8. The van der Waals surface area contributed by atoms with Crippen molar-refractivity contribution in [1.29, 1.82) is 0 Å². The Hall–Kier alpha value is -2.54. The van der Waals surface area contributed by atoms with Crippen molar-refractivity contribution in [3.63, 3.8) is 0 Å². The van der Waals surface area contributed by atoms with E-state index in [4.69, 9.17) is 9.47 Å². The van der Waals surface area contributed by atoms with Crippen molar-refractivity contribution < 1.29 is 24.2 Å². The Morgan fingerprint density at radius 1 is 1.08 bits per heavy atom. The first-order valence-electron chi connectivity index (χ1n) is 13.9. The molecular weight excluding hydrogens is 468 g/mol. The van der Waals surface area contributed by atoms with Gasteiger partial charge in [-0.1, -0.05) is 64.3 Å². The van der Waals surface area contributed by atoms with Crippen LogP contribution in [0.25, 0.3) is 0 Å². The molecule has 7 nitrogen and oxygen atoms in total. The number of carboxylic acid groups (broad SMARTS) is 1. The Kier molecular flexibility index (Phi) is 10.0. The highest BCUT2D eigenvalue weighted by Crippen LogP contribution is 2.44. The van der Waals surface area contributed by atoms with Gasteiger partial charge in [-0.2, -0.15) is 0 Å². The minimum absolute atomic E-state index is 0.0771.